The Morgan fingerprint density at radius 2 is 1.90 bits per heavy atom. The molecule has 0 saturated heterocycles. The van der Waals surface area contributed by atoms with Crippen LogP contribution in [0.3, 0.4) is 0 Å². The lowest BCUT2D eigenvalue weighted by molar-refractivity contribution is 0.414. The van der Waals surface area contributed by atoms with E-state index in [2.05, 4.69) is 0 Å². The van der Waals surface area contributed by atoms with Gasteiger partial charge >= 0.3 is 0 Å². The largest absolute Gasteiger partial charge is 0.497 e. The number of hydrogen-bond donors (Lipinski definition) is 1. The Morgan fingerprint density at radius 3 is 2.55 bits per heavy atom. The first-order valence-corrected chi connectivity index (χ1v) is 6.81. The van der Waals surface area contributed by atoms with Gasteiger partial charge in [-0.05, 0) is 48.7 Å². The second-order valence-corrected chi connectivity index (χ2v) is 5.10. The van der Waals surface area contributed by atoms with Crippen molar-refractivity contribution in [1.82, 2.24) is 0 Å². The first kappa shape index (κ1) is 14.8. The van der Waals surface area contributed by atoms with Crippen LogP contribution in [0.25, 0.3) is 0 Å². The van der Waals surface area contributed by atoms with Crippen LogP contribution in [0.2, 0.25) is 5.02 Å². The molecular weight excluding hydrogens is 277 g/mol. The molecule has 0 bridgehead atoms. The van der Waals surface area contributed by atoms with Crippen LogP contribution >= 0.6 is 11.6 Å². The average Bonchev–Trinajstić information content (AvgIpc) is 2.47. The van der Waals surface area contributed by atoms with Gasteiger partial charge in [-0.3, -0.25) is 0 Å². The summed E-state index contributed by atoms with van der Waals surface area (Å²) in [7, 11) is 1.63. The SMILES string of the molecule is COc1ccc(CCC(N)c2cc(Cl)ccc2F)cc1. The Bertz CT molecular complexity index is 571. The van der Waals surface area contributed by atoms with Gasteiger partial charge in [0.05, 0.1) is 7.11 Å². The fraction of sp³-hybridized carbons (Fsp3) is 0.250. The number of ether oxygens (including phenoxy) is 1. The highest BCUT2D eigenvalue weighted by atomic mass is 35.5. The zero-order valence-corrected chi connectivity index (χ0v) is 12.0. The Kier molecular flexibility index (Phi) is 4.99. The summed E-state index contributed by atoms with van der Waals surface area (Å²) in [5.41, 5.74) is 7.65. The van der Waals surface area contributed by atoms with Crippen molar-refractivity contribution in [2.75, 3.05) is 7.11 Å². The molecule has 0 aromatic heterocycles. The van der Waals surface area contributed by atoms with Crippen molar-refractivity contribution in [3.63, 3.8) is 0 Å². The fourth-order valence-electron chi connectivity index (χ4n) is 2.07. The van der Waals surface area contributed by atoms with Crippen LogP contribution in [-0.2, 0) is 6.42 Å². The molecule has 4 heteroatoms. The number of hydrogen-bond acceptors (Lipinski definition) is 2. The maximum atomic E-state index is 13.7. The molecule has 2 nitrogen and oxygen atoms in total. The lowest BCUT2D eigenvalue weighted by Crippen LogP contribution is -2.13. The molecule has 0 heterocycles. The van der Waals surface area contributed by atoms with Gasteiger partial charge in [0, 0.05) is 16.6 Å². The molecule has 0 amide bonds. The molecule has 0 saturated carbocycles. The van der Waals surface area contributed by atoms with Gasteiger partial charge in [0.25, 0.3) is 0 Å². The summed E-state index contributed by atoms with van der Waals surface area (Å²) < 4.78 is 18.8. The molecule has 106 valence electrons. The van der Waals surface area contributed by atoms with E-state index in [1.165, 1.54) is 12.1 Å². The van der Waals surface area contributed by atoms with Crippen LogP contribution in [-0.4, -0.2) is 7.11 Å². The predicted octanol–water partition coefficient (Wildman–Crippen LogP) is 4.12. The summed E-state index contributed by atoms with van der Waals surface area (Å²) in [6, 6.07) is 11.9. The average molecular weight is 294 g/mol. The summed E-state index contributed by atoms with van der Waals surface area (Å²) in [5, 5.41) is 0.501. The van der Waals surface area contributed by atoms with Gasteiger partial charge in [0.15, 0.2) is 0 Å². The van der Waals surface area contributed by atoms with Gasteiger partial charge in [-0.2, -0.15) is 0 Å². The number of methoxy groups -OCH3 is 1. The Hall–Kier alpha value is -1.58. The first-order chi connectivity index (χ1) is 9.60. The van der Waals surface area contributed by atoms with Crippen molar-refractivity contribution in [3.8, 4) is 5.75 Å². The third kappa shape index (κ3) is 3.71. The second kappa shape index (κ2) is 6.73. The highest BCUT2D eigenvalue weighted by Crippen LogP contribution is 2.23. The summed E-state index contributed by atoms with van der Waals surface area (Å²) >= 11 is 5.88. The van der Waals surface area contributed by atoms with E-state index in [1.807, 2.05) is 24.3 Å². The first-order valence-electron chi connectivity index (χ1n) is 6.43. The van der Waals surface area contributed by atoms with E-state index < -0.39 is 0 Å². The number of nitrogens with two attached hydrogens (primary N) is 1. The van der Waals surface area contributed by atoms with Gasteiger partial charge in [-0.25, -0.2) is 4.39 Å². The third-order valence-electron chi connectivity index (χ3n) is 3.26. The number of halogens is 2. The minimum atomic E-state index is -0.365. The molecule has 0 aliphatic carbocycles. The molecule has 0 aliphatic heterocycles. The molecule has 0 aliphatic rings. The van der Waals surface area contributed by atoms with E-state index >= 15 is 0 Å². The molecule has 0 fully saturated rings. The molecule has 2 aromatic rings. The van der Waals surface area contributed by atoms with Crippen LogP contribution < -0.4 is 10.5 Å². The minimum Gasteiger partial charge on any atom is -0.497 e. The monoisotopic (exact) mass is 293 g/mol. The van der Waals surface area contributed by atoms with Crippen LogP contribution in [0.5, 0.6) is 5.75 Å². The second-order valence-electron chi connectivity index (χ2n) is 4.66. The van der Waals surface area contributed by atoms with Crippen molar-refractivity contribution in [2.45, 2.75) is 18.9 Å². The summed E-state index contributed by atoms with van der Waals surface area (Å²) in [6.45, 7) is 0. The van der Waals surface area contributed by atoms with E-state index in [1.54, 1.807) is 13.2 Å². The standard InChI is InChI=1S/C16H17ClFNO/c1-20-13-6-2-11(3-7-13)4-9-16(19)14-10-12(17)5-8-15(14)18/h2-3,5-8,10,16H,4,9,19H2,1H3. The molecule has 0 radical (unpaired) electrons. The van der Waals surface area contributed by atoms with Gasteiger partial charge in [-0.15, -0.1) is 0 Å². The smallest absolute Gasteiger partial charge is 0.128 e. The molecule has 20 heavy (non-hydrogen) atoms. The molecule has 1 unspecified atom stereocenters. The lowest BCUT2D eigenvalue weighted by atomic mass is 9.99. The van der Waals surface area contributed by atoms with E-state index in [0.717, 1.165) is 17.7 Å². The Morgan fingerprint density at radius 1 is 1.20 bits per heavy atom. The van der Waals surface area contributed by atoms with Crippen molar-refractivity contribution in [3.05, 3.63) is 64.4 Å². The normalized spacial score (nSPS) is 12.2. The summed E-state index contributed by atoms with van der Waals surface area (Å²) in [5.74, 6) is 0.510. The fourth-order valence-corrected chi connectivity index (χ4v) is 2.25. The van der Waals surface area contributed by atoms with Crippen LogP contribution in [0.4, 0.5) is 4.39 Å². The lowest BCUT2D eigenvalue weighted by Gasteiger charge is -2.13. The number of rotatable bonds is 5. The Labute approximate surface area is 123 Å². The zero-order chi connectivity index (χ0) is 14.5. The van der Waals surface area contributed by atoms with Crippen molar-refractivity contribution in [1.29, 1.82) is 0 Å². The highest BCUT2D eigenvalue weighted by Gasteiger charge is 2.12. The van der Waals surface area contributed by atoms with Gasteiger partial charge in [0.2, 0.25) is 0 Å². The molecular formula is C16H17ClFNO. The molecule has 2 aromatic carbocycles. The van der Waals surface area contributed by atoms with Gasteiger partial charge in [0.1, 0.15) is 11.6 Å². The quantitative estimate of drug-likeness (QED) is 0.900. The van der Waals surface area contributed by atoms with Crippen LogP contribution in [0.1, 0.15) is 23.6 Å². The van der Waals surface area contributed by atoms with Crippen LogP contribution in [0.15, 0.2) is 42.5 Å². The maximum absolute atomic E-state index is 13.7. The van der Waals surface area contributed by atoms with Crippen molar-refractivity contribution < 1.29 is 9.13 Å². The van der Waals surface area contributed by atoms with Gasteiger partial charge < -0.3 is 10.5 Å². The van der Waals surface area contributed by atoms with E-state index in [-0.39, 0.29) is 11.9 Å². The third-order valence-corrected chi connectivity index (χ3v) is 3.50. The van der Waals surface area contributed by atoms with E-state index in [9.17, 15) is 4.39 Å². The highest BCUT2D eigenvalue weighted by molar-refractivity contribution is 6.30. The minimum absolute atomic E-state index is 0.309. The molecule has 1 atom stereocenters. The van der Waals surface area contributed by atoms with Gasteiger partial charge in [-0.1, -0.05) is 23.7 Å². The maximum Gasteiger partial charge on any atom is 0.128 e. The van der Waals surface area contributed by atoms with E-state index in [4.69, 9.17) is 22.1 Å². The molecule has 0 spiro atoms. The number of benzene rings is 2. The summed E-state index contributed by atoms with van der Waals surface area (Å²) in [4.78, 5) is 0. The van der Waals surface area contributed by atoms with Crippen molar-refractivity contribution >= 4 is 11.6 Å². The Balaban J connectivity index is 2.00. The predicted molar refractivity (Wildman–Crippen MR) is 79.7 cm³/mol. The zero-order valence-electron chi connectivity index (χ0n) is 11.3. The van der Waals surface area contributed by atoms with Crippen LogP contribution in [0, 0.1) is 5.82 Å². The summed E-state index contributed by atoms with van der Waals surface area (Å²) in [6.07, 6.45) is 1.43. The van der Waals surface area contributed by atoms with Crippen molar-refractivity contribution in [2.24, 2.45) is 5.73 Å². The molecule has 2 rings (SSSR count). The number of aryl methyl sites for hydroxylation is 1. The topological polar surface area (TPSA) is 35.2 Å². The van der Waals surface area contributed by atoms with E-state index in [0.29, 0.717) is 17.0 Å². The molecule has 2 N–H and O–H groups in total.